The Bertz CT molecular complexity index is 725. The van der Waals surface area contributed by atoms with Crippen molar-refractivity contribution in [3.05, 3.63) is 35.7 Å². The van der Waals surface area contributed by atoms with Crippen LogP contribution >= 0.6 is 0 Å². The van der Waals surface area contributed by atoms with Crippen molar-refractivity contribution in [2.75, 3.05) is 26.3 Å². The van der Waals surface area contributed by atoms with Crippen molar-refractivity contribution in [2.45, 2.75) is 25.6 Å². The van der Waals surface area contributed by atoms with Crippen molar-refractivity contribution in [1.82, 2.24) is 15.1 Å². The normalized spacial score (nSPS) is 19.8. The lowest BCUT2D eigenvalue weighted by molar-refractivity contribution is -0.181. The van der Waals surface area contributed by atoms with Gasteiger partial charge in [0.25, 0.3) is 0 Å². The van der Waals surface area contributed by atoms with Gasteiger partial charge in [0.05, 0.1) is 13.2 Å². The molecule has 1 aromatic carbocycles. The van der Waals surface area contributed by atoms with Gasteiger partial charge >= 0.3 is 11.8 Å². The lowest BCUT2D eigenvalue weighted by atomic mass is 10.0. The number of ether oxygens (including phenoxy) is 2. The molecule has 0 bridgehead atoms. The van der Waals surface area contributed by atoms with Gasteiger partial charge in [0.2, 0.25) is 5.89 Å². The third-order valence-electron chi connectivity index (χ3n) is 4.53. The number of piperidine rings is 1. The highest BCUT2D eigenvalue weighted by Gasteiger charge is 2.41. The van der Waals surface area contributed by atoms with Crippen LogP contribution in [0.2, 0.25) is 0 Å². The molecule has 1 spiro atoms. The summed E-state index contributed by atoms with van der Waals surface area (Å²) in [7, 11) is 0. The van der Waals surface area contributed by atoms with Crippen LogP contribution in [0.15, 0.2) is 28.7 Å². The molecule has 0 unspecified atom stereocenters. The van der Waals surface area contributed by atoms with Crippen LogP contribution in [0.3, 0.4) is 0 Å². The molecule has 0 saturated carbocycles. The number of amides is 1. The average Bonchev–Trinajstić information content (AvgIpc) is 3.26. The van der Waals surface area contributed by atoms with Crippen molar-refractivity contribution >= 4 is 5.91 Å². The molecule has 1 aromatic heterocycles. The molecule has 126 valence electrons. The minimum absolute atomic E-state index is 0.0229. The molecule has 0 atom stereocenters. The van der Waals surface area contributed by atoms with Crippen molar-refractivity contribution in [1.29, 1.82) is 0 Å². The number of benzene rings is 1. The summed E-state index contributed by atoms with van der Waals surface area (Å²) >= 11 is 0. The first-order valence-corrected chi connectivity index (χ1v) is 8.13. The van der Waals surface area contributed by atoms with Crippen LogP contribution in [0.25, 0.3) is 11.5 Å². The Balaban J connectivity index is 1.45. The fourth-order valence-corrected chi connectivity index (χ4v) is 3.09. The summed E-state index contributed by atoms with van der Waals surface area (Å²) in [4.78, 5) is 14.3. The molecule has 2 aliphatic rings. The predicted octanol–water partition coefficient (Wildman–Crippen LogP) is 2.02. The monoisotopic (exact) mass is 329 g/mol. The van der Waals surface area contributed by atoms with E-state index in [4.69, 9.17) is 13.9 Å². The molecular formula is C17H19N3O4. The minimum atomic E-state index is -0.501. The smallest absolute Gasteiger partial charge is 0.311 e. The second-order valence-corrected chi connectivity index (χ2v) is 6.18. The van der Waals surface area contributed by atoms with Crippen LogP contribution in [0.4, 0.5) is 0 Å². The van der Waals surface area contributed by atoms with E-state index in [1.54, 1.807) is 4.90 Å². The number of carbonyl (C=O) groups is 1. The number of likely N-dealkylation sites (tertiary alicyclic amines) is 1. The van der Waals surface area contributed by atoms with E-state index in [1.165, 1.54) is 0 Å². The molecule has 2 fully saturated rings. The van der Waals surface area contributed by atoms with Gasteiger partial charge in [-0.1, -0.05) is 17.7 Å². The fraction of sp³-hybridized carbons (Fsp3) is 0.471. The largest absolute Gasteiger partial charge is 0.412 e. The zero-order valence-corrected chi connectivity index (χ0v) is 13.5. The van der Waals surface area contributed by atoms with E-state index < -0.39 is 5.79 Å². The molecule has 0 radical (unpaired) electrons. The Morgan fingerprint density at radius 2 is 1.75 bits per heavy atom. The number of aromatic nitrogens is 2. The van der Waals surface area contributed by atoms with Crippen molar-refractivity contribution in [3.63, 3.8) is 0 Å². The molecule has 4 rings (SSSR count). The molecule has 24 heavy (non-hydrogen) atoms. The second-order valence-electron chi connectivity index (χ2n) is 6.18. The Morgan fingerprint density at radius 1 is 1.08 bits per heavy atom. The number of carbonyl (C=O) groups excluding carboxylic acids is 1. The Morgan fingerprint density at radius 3 is 2.42 bits per heavy atom. The summed E-state index contributed by atoms with van der Waals surface area (Å²) in [5.41, 5.74) is 1.95. The van der Waals surface area contributed by atoms with Crippen molar-refractivity contribution in [3.8, 4) is 11.5 Å². The molecule has 2 aromatic rings. The van der Waals surface area contributed by atoms with Gasteiger partial charge in [-0.05, 0) is 19.1 Å². The maximum absolute atomic E-state index is 12.5. The minimum Gasteiger partial charge on any atom is -0.412 e. The van der Waals surface area contributed by atoms with Crippen LogP contribution < -0.4 is 0 Å². The lowest BCUT2D eigenvalue weighted by Gasteiger charge is -2.36. The summed E-state index contributed by atoms with van der Waals surface area (Å²) in [6.45, 7) is 4.37. The maximum atomic E-state index is 12.5. The third-order valence-corrected chi connectivity index (χ3v) is 4.53. The quantitative estimate of drug-likeness (QED) is 0.839. The fourth-order valence-electron chi connectivity index (χ4n) is 3.09. The standard InChI is InChI=1S/C17H19N3O4/c1-12-2-4-13(5-3-12)14-18-19-15(24-14)16(21)20-8-6-17(7-9-20)22-10-11-23-17/h2-5H,6-11H2,1H3. The highest BCUT2D eigenvalue weighted by atomic mass is 16.7. The van der Waals surface area contributed by atoms with Crippen LogP contribution in [0, 0.1) is 6.92 Å². The lowest BCUT2D eigenvalue weighted by Crippen LogP contribution is -2.47. The van der Waals surface area contributed by atoms with Gasteiger partial charge in [-0.15, -0.1) is 10.2 Å². The van der Waals surface area contributed by atoms with E-state index in [1.807, 2.05) is 31.2 Å². The van der Waals surface area contributed by atoms with E-state index in [-0.39, 0.29) is 11.8 Å². The summed E-state index contributed by atoms with van der Waals surface area (Å²) in [6, 6.07) is 7.73. The molecule has 1 amide bonds. The molecule has 2 aliphatic heterocycles. The number of aryl methyl sites for hydroxylation is 1. The molecular weight excluding hydrogens is 310 g/mol. The van der Waals surface area contributed by atoms with Crippen LogP contribution in [0.1, 0.15) is 29.1 Å². The maximum Gasteiger partial charge on any atom is 0.311 e. The van der Waals surface area contributed by atoms with Gasteiger partial charge in [-0.2, -0.15) is 0 Å². The van der Waals surface area contributed by atoms with Crippen LogP contribution in [0.5, 0.6) is 0 Å². The van der Waals surface area contributed by atoms with Gasteiger partial charge in [0.15, 0.2) is 5.79 Å². The van der Waals surface area contributed by atoms with Gasteiger partial charge in [0.1, 0.15) is 0 Å². The van der Waals surface area contributed by atoms with E-state index in [9.17, 15) is 4.79 Å². The molecule has 7 heteroatoms. The van der Waals surface area contributed by atoms with Crippen molar-refractivity contribution < 1.29 is 18.7 Å². The number of nitrogens with zero attached hydrogens (tertiary/aromatic N) is 3. The highest BCUT2D eigenvalue weighted by Crippen LogP contribution is 2.31. The SMILES string of the molecule is Cc1ccc(-c2nnc(C(=O)N3CCC4(CC3)OCCO4)o2)cc1. The molecule has 7 nitrogen and oxygen atoms in total. The van der Waals surface area contributed by atoms with Crippen LogP contribution in [-0.4, -0.2) is 53.1 Å². The zero-order valence-electron chi connectivity index (χ0n) is 13.5. The summed E-state index contributed by atoms with van der Waals surface area (Å²) in [6.07, 6.45) is 1.33. The predicted molar refractivity (Wildman–Crippen MR) is 84.2 cm³/mol. The summed E-state index contributed by atoms with van der Waals surface area (Å²) < 4.78 is 16.9. The van der Waals surface area contributed by atoms with E-state index in [2.05, 4.69) is 10.2 Å². The van der Waals surface area contributed by atoms with Crippen LogP contribution in [-0.2, 0) is 9.47 Å². The van der Waals surface area contributed by atoms with Gasteiger partial charge in [-0.3, -0.25) is 4.79 Å². The first-order chi connectivity index (χ1) is 11.7. The van der Waals surface area contributed by atoms with Crippen molar-refractivity contribution in [2.24, 2.45) is 0 Å². The Labute approximate surface area is 139 Å². The zero-order chi connectivity index (χ0) is 16.6. The van der Waals surface area contributed by atoms with Gasteiger partial charge < -0.3 is 18.8 Å². The number of hydrogen-bond acceptors (Lipinski definition) is 6. The van der Waals surface area contributed by atoms with E-state index >= 15 is 0 Å². The average molecular weight is 329 g/mol. The van der Waals surface area contributed by atoms with E-state index in [0.29, 0.717) is 45.0 Å². The van der Waals surface area contributed by atoms with E-state index in [0.717, 1.165) is 11.1 Å². The Kier molecular flexibility index (Phi) is 3.82. The molecule has 0 N–H and O–H groups in total. The molecule has 0 aliphatic carbocycles. The second kappa shape index (κ2) is 5.99. The topological polar surface area (TPSA) is 77.7 Å². The number of hydrogen-bond donors (Lipinski definition) is 0. The van der Waals surface area contributed by atoms with Gasteiger partial charge in [-0.25, -0.2) is 0 Å². The number of rotatable bonds is 2. The third kappa shape index (κ3) is 2.81. The summed E-state index contributed by atoms with van der Waals surface area (Å²) in [5, 5.41) is 7.90. The molecule has 3 heterocycles. The first-order valence-electron chi connectivity index (χ1n) is 8.13. The first kappa shape index (κ1) is 15.3. The van der Waals surface area contributed by atoms with Gasteiger partial charge in [0, 0.05) is 31.5 Å². The Hall–Kier alpha value is -2.25. The molecule has 2 saturated heterocycles. The highest BCUT2D eigenvalue weighted by molar-refractivity contribution is 5.89. The summed E-state index contributed by atoms with van der Waals surface area (Å²) in [5.74, 6) is -0.364.